The van der Waals surface area contributed by atoms with Gasteiger partial charge in [0.2, 0.25) is 0 Å². The van der Waals surface area contributed by atoms with Crippen molar-refractivity contribution in [1.82, 2.24) is 10.2 Å². The number of nitrogens with one attached hydrogen (secondary N) is 2. The first-order chi connectivity index (χ1) is 8.74. The summed E-state index contributed by atoms with van der Waals surface area (Å²) >= 11 is 1.67. The van der Waals surface area contributed by atoms with E-state index in [2.05, 4.69) is 15.5 Å². The van der Waals surface area contributed by atoms with Gasteiger partial charge in [0.15, 0.2) is 0 Å². The number of aromatic nitrogens is 2. The largest absolute Gasteiger partial charge is 0.383 e. The van der Waals surface area contributed by atoms with Crippen LogP contribution < -0.4 is 11.1 Å². The van der Waals surface area contributed by atoms with Crippen LogP contribution in [0.3, 0.4) is 0 Å². The van der Waals surface area contributed by atoms with Crippen molar-refractivity contribution in [3.8, 4) is 0 Å². The van der Waals surface area contributed by atoms with E-state index in [0.717, 1.165) is 11.1 Å². The third kappa shape index (κ3) is 1.82. The molecule has 0 aliphatic heterocycles. The number of nitrogens with zero attached hydrogens (tertiary/aromatic N) is 1. The zero-order valence-corrected chi connectivity index (χ0v) is 10.1. The highest BCUT2D eigenvalue weighted by molar-refractivity contribution is 7.17. The first-order valence-corrected chi connectivity index (χ1v) is 6.19. The highest BCUT2D eigenvalue weighted by atomic mass is 32.1. The number of nitrogens with two attached hydrogens (primary N) is 1. The molecule has 1 aromatic carbocycles. The van der Waals surface area contributed by atoms with Crippen molar-refractivity contribution in [3.05, 3.63) is 41.4 Å². The molecule has 2 aromatic heterocycles. The molecule has 0 bridgehead atoms. The second kappa shape index (κ2) is 4.15. The smallest absolute Gasteiger partial charge is 0.261 e. The third-order valence-electron chi connectivity index (χ3n) is 2.62. The van der Waals surface area contributed by atoms with Crippen LogP contribution in [-0.4, -0.2) is 16.1 Å². The van der Waals surface area contributed by atoms with E-state index in [1.807, 2.05) is 29.6 Å². The molecule has 2 heterocycles. The Balaban J connectivity index is 1.88. The summed E-state index contributed by atoms with van der Waals surface area (Å²) in [6.45, 7) is 0. The number of rotatable bonds is 2. The summed E-state index contributed by atoms with van der Waals surface area (Å²) in [7, 11) is 0. The van der Waals surface area contributed by atoms with Gasteiger partial charge < -0.3 is 11.1 Å². The number of hydrogen-bond donors (Lipinski definition) is 3. The van der Waals surface area contributed by atoms with E-state index in [1.165, 1.54) is 10.9 Å². The highest BCUT2D eigenvalue weighted by Gasteiger charge is 2.11. The summed E-state index contributed by atoms with van der Waals surface area (Å²) in [6.07, 6.45) is 1.41. The Labute approximate surface area is 107 Å². The van der Waals surface area contributed by atoms with Crippen LogP contribution in [-0.2, 0) is 0 Å². The summed E-state index contributed by atoms with van der Waals surface area (Å²) in [6, 6.07) is 7.79. The Bertz CT molecular complexity index is 716. The van der Waals surface area contributed by atoms with Crippen molar-refractivity contribution in [1.29, 1.82) is 0 Å². The van der Waals surface area contributed by atoms with Gasteiger partial charge in [-0.1, -0.05) is 0 Å². The van der Waals surface area contributed by atoms with Gasteiger partial charge in [-0.2, -0.15) is 5.10 Å². The lowest BCUT2D eigenvalue weighted by Gasteiger charge is -2.04. The van der Waals surface area contributed by atoms with Gasteiger partial charge in [-0.3, -0.25) is 9.89 Å². The highest BCUT2D eigenvalue weighted by Crippen LogP contribution is 2.24. The fourth-order valence-corrected chi connectivity index (χ4v) is 2.49. The van der Waals surface area contributed by atoms with E-state index >= 15 is 0 Å². The van der Waals surface area contributed by atoms with Gasteiger partial charge in [0.05, 0.1) is 6.20 Å². The number of fused-ring (bicyclic) bond motifs is 1. The maximum atomic E-state index is 11.9. The number of benzene rings is 1. The monoisotopic (exact) mass is 258 g/mol. The molecule has 0 atom stereocenters. The van der Waals surface area contributed by atoms with Crippen molar-refractivity contribution >= 4 is 38.8 Å². The second-order valence-electron chi connectivity index (χ2n) is 3.82. The average molecular weight is 258 g/mol. The van der Waals surface area contributed by atoms with E-state index in [9.17, 15) is 4.79 Å². The predicted octanol–water partition coefficient (Wildman–Crippen LogP) is 2.46. The lowest BCUT2D eigenvalue weighted by Crippen LogP contribution is -2.12. The van der Waals surface area contributed by atoms with Crippen LogP contribution in [0.5, 0.6) is 0 Å². The molecule has 0 saturated heterocycles. The molecule has 0 aliphatic rings. The molecule has 0 radical (unpaired) electrons. The Morgan fingerprint density at radius 1 is 1.39 bits per heavy atom. The van der Waals surface area contributed by atoms with E-state index in [4.69, 9.17) is 5.73 Å². The SMILES string of the molecule is Nc1[nH]ncc1C(=O)Nc1ccc2sccc2c1. The number of H-pyrrole nitrogens is 1. The fourth-order valence-electron chi connectivity index (χ4n) is 1.72. The van der Waals surface area contributed by atoms with Crippen LogP contribution in [0.2, 0.25) is 0 Å². The van der Waals surface area contributed by atoms with Crippen LogP contribution >= 0.6 is 11.3 Å². The number of anilines is 2. The Morgan fingerprint density at radius 2 is 2.28 bits per heavy atom. The normalized spacial score (nSPS) is 10.7. The van der Waals surface area contributed by atoms with Crippen molar-refractivity contribution in [3.63, 3.8) is 0 Å². The van der Waals surface area contributed by atoms with Crippen LogP contribution in [0, 0.1) is 0 Å². The van der Waals surface area contributed by atoms with Crippen LogP contribution in [0.25, 0.3) is 10.1 Å². The van der Waals surface area contributed by atoms with E-state index in [0.29, 0.717) is 5.56 Å². The number of aromatic amines is 1. The minimum atomic E-state index is -0.268. The second-order valence-corrected chi connectivity index (χ2v) is 4.77. The molecule has 0 saturated carbocycles. The first-order valence-electron chi connectivity index (χ1n) is 5.31. The Kier molecular flexibility index (Phi) is 2.49. The minimum absolute atomic E-state index is 0.268. The van der Waals surface area contributed by atoms with Crippen molar-refractivity contribution in [2.24, 2.45) is 0 Å². The molecule has 90 valence electrons. The summed E-state index contributed by atoms with van der Waals surface area (Å²) in [5.74, 6) is -0.0000546. The maximum absolute atomic E-state index is 11.9. The molecule has 3 aromatic rings. The summed E-state index contributed by atoms with van der Waals surface area (Å²) in [5, 5.41) is 12.2. The van der Waals surface area contributed by atoms with Gasteiger partial charge in [-0.25, -0.2) is 0 Å². The predicted molar refractivity (Wildman–Crippen MR) is 72.8 cm³/mol. The molecule has 18 heavy (non-hydrogen) atoms. The molecular weight excluding hydrogens is 248 g/mol. The average Bonchev–Trinajstić information content (AvgIpc) is 2.96. The van der Waals surface area contributed by atoms with Crippen molar-refractivity contribution in [2.75, 3.05) is 11.1 Å². The molecule has 1 amide bonds. The fraction of sp³-hybridized carbons (Fsp3) is 0. The van der Waals surface area contributed by atoms with Gasteiger partial charge in [0.1, 0.15) is 11.4 Å². The third-order valence-corrected chi connectivity index (χ3v) is 3.52. The van der Waals surface area contributed by atoms with E-state index in [1.54, 1.807) is 11.3 Å². The van der Waals surface area contributed by atoms with Crippen molar-refractivity contribution < 1.29 is 4.79 Å². The van der Waals surface area contributed by atoms with Crippen molar-refractivity contribution in [2.45, 2.75) is 0 Å². The molecule has 0 spiro atoms. The Morgan fingerprint density at radius 3 is 3.06 bits per heavy atom. The maximum Gasteiger partial charge on any atom is 0.261 e. The Hall–Kier alpha value is -2.34. The molecule has 5 nitrogen and oxygen atoms in total. The molecule has 4 N–H and O–H groups in total. The summed E-state index contributed by atoms with van der Waals surface area (Å²) < 4.78 is 1.19. The van der Waals surface area contributed by atoms with Gasteiger partial charge in [-0.15, -0.1) is 11.3 Å². The first kappa shape index (κ1) is 10.8. The number of hydrogen-bond acceptors (Lipinski definition) is 4. The quantitative estimate of drug-likeness (QED) is 0.660. The van der Waals surface area contributed by atoms with E-state index < -0.39 is 0 Å². The van der Waals surface area contributed by atoms with E-state index in [-0.39, 0.29) is 11.7 Å². The van der Waals surface area contributed by atoms with Gasteiger partial charge >= 0.3 is 0 Å². The molecule has 0 fully saturated rings. The number of amides is 1. The standard InChI is InChI=1S/C12H10N4OS/c13-11-9(6-14-16-11)12(17)15-8-1-2-10-7(5-8)3-4-18-10/h1-6H,(H,15,17)(H3,13,14,16). The molecule has 0 aliphatic carbocycles. The molecule has 3 rings (SSSR count). The van der Waals surface area contributed by atoms with Crippen LogP contribution in [0.15, 0.2) is 35.8 Å². The molecule has 0 unspecified atom stereocenters. The number of carbonyl (C=O) groups excluding carboxylic acids is 1. The summed E-state index contributed by atoms with van der Waals surface area (Å²) in [5.41, 5.74) is 6.68. The van der Waals surface area contributed by atoms with Gasteiger partial charge in [0.25, 0.3) is 5.91 Å². The lowest BCUT2D eigenvalue weighted by atomic mass is 10.2. The topological polar surface area (TPSA) is 83.8 Å². The lowest BCUT2D eigenvalue weighted by molar-refractivity contribution is 0.102. The molecule has 6 heteroatoms. The number of thiophene rings is 1. The van der Waals surface area contributed by atoms with Crippen LogP contribution in [0.4, 0.5) is 11.5 Å². The number of carbonyl (C=O) groups is 1. The minimum Gasteiger partial charge on any atom is -0.383 e. The van der Waals surface area contributed by atoms with Gasteiger partial charge in [0, 0.05) is 10.4 Å². The number of nitrogen functional groups attached to an aromatic ring is 1. The zero-order valence-electron chi connectivity index (χ0n) is 9.31. The zero-order chi connectivity index (χ0) is 12.5. The van der Waals surface area contributed by atoms with Gasteiger partial charge in [-0.05, 0) is 35.0 Å². The molecular formula is C12H10N4OS. The summed E-state index contributed by atoms with van der Waals surface area (Å²) in [4.78, 5) is 11.9. The van der Waals surface area contributed by atoms with Crippen LogP contribution in [0.1, 0.15) is 10.4 Å².